The average Bonchev–Trinajstić information content (AvgIpc) is 2.77. The van der Waals surface area contributed by atoms with Gasteiger partial charge in [-0.3, -0.25) is 4.79 Å². The molecule has 2 heteroatoms. The summed E-state index contributed by atoms with van der Waals surface area (Å²) in [5, 5.41) is 0. The highest BCUT2D eigenvalue weighted by molar-refractivity contribution is 6.03. The molecule has 1 aliphatic heterocycles. The van der Waals surface area contributed by atoms with Gasteiger partial charge in [0.1, 0.15) is 11.9 Å². The Balaban J connectivity index is 0.00000144. The highest BCUT2D eigenvalue weighted by atomic mass is 16.5. The average molecular weight is 280 g/mol. The van der Waals surface area contributed by atoms with E-state index in [4.69, 9.17) is 4.74 Å². The molecule has 0 aromatic heterocycles. The second-order valence-corrected chi connectivity index (χ2v) is 6.04. The maximum Gasteiger partial charge on any atom is 0.174 e. The van der Waals surface area contributed by atoms with Crippen molar-refractivity contribution in [3.05, 3.63) is 64.8 Å². The summed E-state index contributed by atoms with van der Waals surface area (Å²) in [6.45, 7) is 2.00. The molecule has 2 bridgehead atoms. The van der Waals surface area contributed by atoms with Crippen LogP contribution in [-0.4, -0.2) is 11.9 Å². The molecule has 0 saturated carbocycles. The maximum absolute atomic E-state index is 13.0. The standard InChI is InChI=1S/C19H18O2.H2/c1-12-5-4-8-16-18(20)17-11-14(21-19(12)16)10-9-13-6-2-3-7-15(13)17;/h3-5,7-10,14,17H,2,6,11H2,1H3;1H. The number of benzene rings is 1. The minimum atomic E-state index is -0.0698. The molecule has 2 atom stereocenters. The van der Waals surface area contributed by atoms with E-state index in [1.165, 1.54) is 11.1 Å². The molecule has 2 nitrogen and oxygen atoms in total. The molecule has 2 aliphatic carbocycles. The summed E-state index contributed by atoms with van der Waals surface area (Å²) in [6.07, 6.45) is 11.4. The summed E-state index contributed by atoms with van der Waals surface area (Å²) in [7, 11) is 0. The zero-order chi connectivity index (χ0) is 14.4. The van der Waals surface area contributed by atoms with Gasteiger partial charge in [-0.05, 0) is 48.6 Å². The van der Waals surface area contributed by atoms with E-state index in [-0.39, 0.29) is 19.2 Å². The number of allylic oxidation sites excluding steroid dienone is 5. The van der Waals surface area contributed by atoms with Crippen LogP contribution in [0.4, 0.5) is 0 Å². The van der Waals surface area contributed by atoms with Crippen molar-refractivity contribution in [2.45, 2.75) is 32.3 Å². The number of carbonyl (C=O) groups excluding carboxylic acids is 1. The van der Waals surface area contributed by atoms with Crippen molar-refractivity contribution in [3.8, 4) is 5.75 Å². The van der Waals surface area contributed by atoms with Gasteiger partial charge in [-0.2, -0.15) is 0 Å². The first kappa shape index (κ1) is 12.6. The molecule has 0 amide bonds. The fraction of sp³-hybridized carbons (Fsp3) is 0.316. The van der Waals surface area contributed by atoms with E-state index in [1.807, 2.05) is 25.1 Å². The first-order chi connectivity index (χ1) is 10.2. The third-order valence-electron chi connectivity index (χ3n) is 4.67. The molecule has 0 saturated heterocycles. The molecule has 4 rings (SSSR count). The second kappa shape index (κ2) is 4.73. The number of hydrogen-bond donors (Lipinski definition) is 0. The molecular formula is C19H20O2. The number of carbonyl (C=O) groups is 1. The SMILES string of the molecule is Cc1cccc2c1OC1C=CC3=C(C=CCC3)C(C1)C2=O.[HH]. The quantitative estimate of drug-likeness (QED) is 0.703. The molecule has 21 heavy (non-hydrogen) atoms. The van der Waals surface area contributed by atoms with Crippen LogP contribution in [0.25, 0.3) is 0 Å². The lowest BCUT2D eigenvalue weighted by Gasteiger charge is -2.19. The van der Waals surface area contributed by atoms with Crippen LogP contribution in [-0.2, 0) is 0 Å². The first-order valence-corrected chi connectivity index (χ1v) is 7.62. The number of hydrogen-bond acceptors (Lipinski definition) is 2. The predicted molar refractivity (Wildman–Crippen MR) is 84.7 cm³/mol. The Labute approximate surface area is 126 Å². The maximum atomic E-state index is 13.0. The van der Waals surface area contributed by atoms with Crippen molar-refractivity contribution in [3.63, 3.8) is 0 Å². The van der Waals surface area contributed by atoms with Gasteiger partial charge >= 0.3 is 0 Å². The van der Waals surface area contributed by atoms with E-state index in [0.717, 1.165) is 36.1 Å². The van der Waals surface area contributed by atoms with Crippen LogP contribution in [0.5, 0.6) is 5.75 Å². The van der Waals surface area contributed by atoms with Gasteiger partial charge < -0.3 is 4.74 Å². The lowest BCUT2D eigenvalue weighted by atomic mass is 9.82. The molecular weight excluding hydrogens is 260 g/mol. The van der Waals surface area contributed by atoms with E-state index in [2.05, 4.69) is 24.3 Å². The molecule has 0 spiro atoms. The van der Waals surface area contributed by atoms with Gasteiger partial charge in [0.2, 0.25) is 0 Å². The van der Waals surface area contributed by atoms with Gasteiger partial charge in [0.15, 0.2) is 5.78 Å². The number of para-hydroxylation sites is 1. The summed E-state index contributed by atoms with van der Waals surface area (Å²) >= 11 is 0. The smallest absolute Gasteiger partial charge is 0.174 e. The minimum Gasteiger partial charge on any atom is -0.485 e. The molecule has 0 radical (unpaired) electrons. The number of ether oxygens (including phenoxy) is 1. The molecule has 1 heterocycles. The van der Waals surface area contributed by atoms with Crippen LogP contribution >= 0.6 is 0 Å². The zero-order valence-electron chi connectivity index (χ0n) is 12.1. The molecule has 0 N–H and O–H groups in total. The highest BCUT2D eigenvalue weighted by Crippen LogP contribution is 2.40. The van der Waals surface area contributed by atoms with Crippen LogP contribution in [0.15, 0.2) is 53.6 Å². The van der Waals surface area contributed by atoms with E-state index in [1.54, 1.807) is 0 Å². The van der Waals surface area contributed by atoms with Crippen LogP contribution in [0, 0.1) is 12.8 Å². The molecule has 1 aromatic rings. The Bertz CT molecular complexity index is 712. The van der Waals surface area contributed by atoms with Crippen molar-refractivity contribution in [2.75, 3.05) is 0 Å². The van der Waals surface area contributed by atoms with E-state index in [9.17, 15) is 4.79 Å². The third kappa shape index (κ3) is 1.98. The Morgan fingerprint density at radius 1 is 1.29 bits per heavy atom. The fourth-order valence-electron chi connectivity index (χ4n) is 3.56. The molecule has 108 valence electrons. The largest absolute Gasteiger partial charge is 0.485 e. The monoisotopic (exact) mass is 280 g/mol. The minimum absolute atomic E-state index is 0. The molecule has 0 fully saturated rings. The highest BCUT2D eigenvalue weighted by Gasteiger charge is 2.35. The van der Waals surface area contributed by atoms with Gasteiger partial charge in [-0.25, -0.2) is 0 Å². The Hall–Kier alpha value is -2.09. The van der Waals surface area contributed by atoms with Crippen LogP contribution in [0.3, 0.4) is 0 Å². The third-order valence-corrected chi connectivity index (χ3v) is 4.67. The summed E-state index contributed by atoms with van der Waals surface area (Å²) in [4.78, 5) is 13.0. The van der Waals surface area contributed by atoms with Crippen molar-refractivity contribution >= 4 is 5.78 Å². The first-order valence-electron chi connectivity index (χ1n) is 7.62. The Morgan fingerprint density at radius 2 is 2.19 bits per heavy atom. The van der Waals surface area contributed by atoms with Crippen molar-refractivity contribution < 1.29 is 11.0 Å². The fourth-order valence-corrected chi connectivity index (χ4v) is 3.56. The summed E-state index contributed by atoms with van der Waals surface area (Å²) in [5.41, 5.74) is 4.28. The number of rotatable bonds is 0. The topological polar surface area (TPSA) is 26.3 Å². The summed E-state index contributed by atoms with van der Waals surface area (Å²) < 4.78 is 6.16. The second-order valence-electron chi connectivity index (χ2n) is 6.04. The summed E-state index contributed by atoms with van der Waals surface area (Å²) in [5.74, 6) is 0.905. The van der Waals surface area contributed by atoms with Crippen LogP contribution in [0.2, 0.25) is 0 Å². The predicted octanol–water partition coefficient (Wildman–Crippen LogP) is 4.41. The van der Waals surface area contributed by atoms with Crippen molar-refractivity contribution in [1.29, 1.82) is 0 Å². The molecule has 1 aromatic carbocycles. The van der Waals surface area contributed by atoms with Gasteiger partial charge in [-0.1, -0.05) is 30.4 Å². The Morgan fingerprint density at radius 3 is 3.10 bits per heavy atom. The van der Waals surface area contributed by atoms with Crippen LogP contribution in [0.1, 0.15) is 36.6 Å². The van der Waals surface area contributed by atoms with Gasteiger partial charge in [0.05, 0.1) is 11.5 Å². The normalized spacial score (nSPS) is 26.6. The van der Waals surface area contributed by atoms with E-state index >= 15 is 0 Å². The summed E-state index contributed by atoms with van der Waals surface area (Å²) in [6, 6.07) is 5.85. The van der Waals surface area contributed by atoms with Crippen LogP contribution < -0.4 is 4.74 Å². The van der Waals surface area contributed by atoms with Crippen molar-refractivity contribution in [1.82, 2.24) is 0 Å². The van der Waals surface area contributed by atoms with Gasteiger partial charge in [0, 0.05) is 7.85 Å². The molecule has 2 unspecified atom stereocenters. The van der Waals surface area contributed by atoms with E-state index in [0.29, 0.717) is 0 Å². The number of ketones is 1. The number of aryl methyl sites for hydroxylation is 1. The Kier molecular flexibility index (Phi) is 2.85. The lowest BCUT2D eigenvalue weighted by molar-refractivity contribution is 0.0933. The lowest BCUT2D eigenvalue weighted by Crippen LogP contribution is -2.20. The number of fused-ring (bicyclic) bond motifs is 4. The van der Waals surface area contributed by atoms with Gasteiger partial charge in [0.25, 0.3) is 0 Å². The molecule has 3 aliphatic rings. The van der Waals surface area contributed by atoms with E-state index < -0.39 is 0 Å². The van der Waals surface area contributed by atoms with Crippen molar-refractivity contribution in [2.24, 2.45) is 5.92 Å². The zero-order valence-corrected chi connectivity index (χ0v) is 12.1. The van der Waals surface area contributed by atoms with Gasteiger partial charge in [-0.15, -0.1) is 0 Å². The number of Topliss-reactive ketones (excluding diaryl/α,β-unsaturated/α-hetero) is 1.